The zero-order valence-electron chi connectivity index (χ0n) is 12.3. The van der Waals surface area contributed by atoms with Crippen molar-refractivity contribution in [1.82, 2.24) is 5.32 Å². The molecule has 9 heteroatoms. The van der Waals surface area contributed by atoms with E-state index in [-0.39, 0.29) is 0 Å². The lowest BCUT2D eigenvalue weighted by atomic mass is 9.98. The van der Waals surface area contributed by atoms with Crippen LogP contribution >= 0.6 is 11.8 Å². The summed E-state index contributed by atoms with van der Waals surface area (Å²) in [6, 6.07) is 0. The first-order valence-electron chi connectivity index (χ1n) is 6.04. The van der Waals surface area contributed by atoms with E-state index in [2.05, 4.69) is 10.1 Å². The van der Waals surface area contributed by atoms with Crippen LogP contribution in [-0.4, -0.2) is 46.8 Å². The monoisotopic (exact) mass is 321 g/mol. The van der Waals surface area contributed by atoms with Gasteiger partial charge in [-0.05, 0) is 39.5 Å². The summed E-state index contributed by atoms with van der Waals surface area (Å²) >= 11 is 0.561. The molecule has 0 aliphatic carbocycles. The van der Waals surface area contributed by atoms with Gasteiger partial charge in [-0.15, -0.1) is 0 Å². The van der Waals surface area contributed by atoms with Crippen molar-refractivity contribution in [2.75, 3.05) is 13.3 Å². The molecule has 0 aliphatic rings. The van der Waals surface area contributed by atoms with E-state index in [1.807, 2.05) is 0 Å². The summed E-state index contributed by atoms with van der Waals surface area (Å²) in [6.45, 7) is 5.32. The Morgan fingerprint density at radius 2 is 1.76 bits per heavy atom. The molecule has 8 nitrogen and oxygen atoms in total. The molecule has 1 amide bonds. The van der Waals surface area contributed by atoms with Crippen molar-refractivity contribution in [2.24, 2.45) is 5.41 Å². The molecule has 0 heterocycles. The molecule has 0 aliphatic heterocycles. The second kappa shape index (κ2) is 8.50. The second-order valence-electron chi connectivity index (χ2n) is 5.07. The number of carbonyl (C=O) groups excluding carboxylic acids is 3. The number of aliphatic carboxylic acids is 1. The van der Waals surface area contributed by atoms with Gasteiger partial charge in [-0.2, -0.15) is 0 Å². The van der Waals surface area contributed by atoms with Gasteiger partial charge in [0.15, 0.2) is 0 Å². The molecule has 0 saturated heterocycles. The molecule has 0 bridgehead atoms. The molecule has 0 saturated carbocycles. The lowest BCUT2D eigenvalue weighted by Crippen LogP contribution is -2.35. The van der Waals surface area contributed by atoms with E-state index in [9.17, 15) is 19.2 Å². The summed E-state index contributed by atoms with van der Waals surface area (Å²) in [7, 11) is 0. The minimum Gasteiger partial charge on any atom is -0.480 e. The van der Waals surface area contributed by atoms with Crippen LogP contribution in [0.2, 0.25) is 0 Å². The highest BCUT2D eigenvalue weighted by atomic mass is 32.2. The number of rotatable bonds is 6. The van der Waals surface area contributed by atoms with Crippen molar-refractivity contribution in [2.45, 2.75) is 32.9 Å². The predicted molar refractivity (Wildman–Crippen MR) is 74.6 cm³/mol. The summed E-state index contributed by atoms with van der Waals surface area (Å²) in [5.74, 6) is -2.31. The third-order valence-electron chi connectivity index (χ3n) is 2.04. The minimum absolute atomic E-state index is 0.521. The van der Waals surface area contributed by atoms with E-state index >= 15 is 0 Å². The van der Waals surface area contributed by atoms with Gasteiger partial charge < -0.3 is 19.9 Å². The Morgan fingerprint density at radius 3 is 2.24 bits per heavy atom. The van der Waals surface area contributed by atoms with E-state index < -0.39 is 47.1 Å². The molecule has 0 fully saturated rings. The number of ether oxygens (including phenoxy) is 2. The highest BCUT2D eigenvalue weighted by molar-refractivity contribution is 8.14. The number of hydrogen-bond acceptors (Lipinski definition) is 7. The van der Waals surface area contributed by atoms with Gasteiger partial charge in [-0.1, -0.05) is 0 Å². The maximum Gasteiger partial charge on any atom is 0.370 e. The van der Waals surface area contributed by atoms with Crippen LogP contribution in [0, 0.1) is 5.41 Å². The summed E-state index contributed by atoms with van der Waals surface area (Å²) < 4.78 is 9.36. The average molecular weight is 321 g/mol. The van der Waals surface area contributed by atoms with E-state index in [1.165, 1.54) is 6.92 Å². The van der Waals surface area contributed by atoms with Gasteiger partial charge in [0.05, 0.1) is 10.7 Å². The highest BCUT2D eigenvalue weighted by Crippen LogP contribution is 2.16. The van der Waals surface area contributed by atoms with Crippen molar-refractivity contribution < 1.29 is 33.8 Å². The smallest absolute Gasteiger partial charge is 0.370 e. The number of carboxylic acid groups (broad SMARTS) is 1. The normalized spacial score (nSPS) is 12.2. The maximum absolute atomic E-state index is 11.4. The molecule has 120 valence electrons. The molecule has 0 aromatic rings. The van der Waals surface area contributed by atoms with Gasteiger partial charge in [0, 0.05) is 0 Å². The molecule has 2 N–H and O–H groups in total. The van der Waals surface area contributed by atoms with Gasteiger partial charge in [-0.25, -0.2) is 4.79 Å². The second-order valence-corrected chi connectivity index (χ2v) is 6.34. The Kier molecular flexibility index (Phi) is 7.79. The first-order valence-corrected chi connectivity index (χ1v) is 6.92. The molecule has 0 aromatic carbocycles. The van der Waals surface area contributed by atoms with Crippen LogP contribution in [0.5, 0.6) is 0 Å². The largest absolute Gasteiger partial charge is 0.480 e. The Morgan fingerprint density at radius 1 is 1.19 bits per heavy atom. The van der Waals surface area contributed by atoms with Crippen molar-refractivity contribution in [3.05, 3.63) is 0 Å². The van der Waals surface area contributed by atoms with Gasteiger partial charge in [-0.3, -0.25) is 14.4 Å². The number of nitrogens with one attached hydrogen (secondary N) is 1. The molecular weight excluding hydrogens is 302 g/mol. The van der Waals surface area contributed by atoms with Gasteiger partial charge in [0.2, 0.25) is 12.7 Å². The van der Waals surface area contributed by atoms with Crippen LogP contribution in [0.1, 0.15) is 27.7 Å². The fourth-order valence-electron chi connectivity index (χ4n) is 0.886. The quantitative estimate of drug-likeness (QED) is 0.549. The Bertz CT molecular complexity index is 416. The Labute approximate surface area is 126 Å². The van der Waals surface area contributed by atoms with Crippen molar-refractivity contribution in [3.8, 4) is 0 Å². The van der Waals surface area contributed by atoms with Crippen LogP contribution in [-0.2, 0) is 23.9 Å². The third-order valence-corrected chi connectivity index (χ3v) is 2.91. The fourth-order valence-corrected chi connectivity index (χ4v) is 1.48. The first kappa shape index (κ1) is 19.2. The zero-order valence-corrected chi connectivity index (χ0v) is 13.1. The van der Waals surface area contributed by atoms with E-state index in [0.717, 1.165) is 0 Å². The molecule has 0 aromatic heterocycles. The molecule has 1 atom stereocenters. The SMILES string of the molecule is CC(SC(=O)OCOC(=O)C(C)(C)C)C(=O)NCC(=O)O. The molecular formula is C12H19NO7S. The number of carboxylic acids is 1. The topological polar surface area (TPSA) is 119 Å². The molecule has 0 rings (SSSR count). The number of carbonyl (C=O) groups is 4. The van der Waals surface area contributed by atoms with Crippen LogP contribution in [0.25, 0.3) is 0 Å². The fraction of sp³-hybridized carbons (Fsp3) is 0.667. The summed E-state index contributed by atoms with van der Waals surface area (Å²) in [5.41, 5.74) is -0.705. The molecule has 0 radical (unpaired) electrons. The lowest BCUT2D eigenvalue weighted by Gasteiger charge is -2.16. The number of esters is 1. The van der Waals surface area contributed by atoms with E-state index in [1.54, 1.807) is 20.8 Å². The highest BCUT2D eigenvalue weighted by Gasteiger charge is 2.24. The van der Waals surface area contributed by atoms with Crippen molar-refractivity contribution in [3.63, 3.8) is 0 Å². The van der Waals surface area contributed by atoms with Crippen LogP contribution in [0.15, 0.2) is 0 Å². The number of hydrogen-bond donors (Lipinski definition) is 2. The lowest BCUT2D eigenvalue weighted by molar-refractivity contribution is -0.160. The predicted octanol–water partition coefficient (Wildman–Crippen LogP) is 0.992. The van der Waals surface area contributed by atoms with Crippen molar-refractivity contribution in [1.29, 1.82) is 0 Å². The number of thioether (sulfide) groups is 1. The number of amides is 1. The molecule has 0 spiro atoms. The summed E-state index contributed by atoms with van der Waals surface area (Å²) in [6.07, 6.45) is 0. The zero-order chi connectivity index (χ0) is 16.6. The summed E-state index contributed by atoms with van der Waals surface area (Å²) in [4.78, 5) is 44.4. The Balaban J connectivity index is 4.01. The van der Waals surface area contributed by atoms with Crippen LogP contribution in [0.3, 0.4) is 0 Å². The molecule has 21 heavy (non-hydrogen) atoms. The van der Waals surface area contributed by atoms with Crippen LogP contribution in [0.4, 0.5) is 4.79 Å². The maximum atomic E-state index is 11.4. The third kappa shape index (κ3) is 8.90. The molecule has 1 unspecified atom stereocenters. The van der Waals surface area contributed by atoms with Crippen molar-refractivity contribution >= 4 is 34.9 Å². The van der Waals surface area contributed by atoms with E-state index in [4.69, 9.17) is 9.84 Å². The Hall–Kier alpha value is -1.77. The van der Waals surface area contributed by atoms with Crippen LogP contribution < -0.4 is 5.32 Å². The summed E-state index contributed by atoms with van der Waals surface area (Å²) in [5, 5.41) is 8.91. The standard InChI is InChI=1S/C12H19NO7S/c1-7(9(16)13-5-8(14)15)21-11(18)20-6-19-10(17)12(2,3)4/h7H,5-6H2,1-4H3,(H,13,16)(H,14,15). The average Bonchev–Trinajstić information content (AvgIpc) is 2.34. The van der Waals surface area contributed by atoms with E-state index in [0.29, 0.717) is 11.8 Å². The first-order chi connectivity index (χ1) is 9.54. The van der Waals surface area contributed by atoms with Gasteiger partial charge >= 0.3 is 17.2 Å². The van der Waals surface area contributed by atoms with Gasteiger partial charge in [0.1, 0.15) is 6.54 Å². The minimum atomic E-state index is -1.18. The van der Waals surface area contributed by atoms with Gasteiger partial charge in [0.25, 0.3) is 0 Å².